The van der Waals surface area contributed by atoms with Crippen molar-refractivity contribution >= 4 is 0 Å². The maximum Gasteiger partial charge on any atom is 0.0543 e. The molecule has 3 N–H and O–H groups in total. The van der Waals surface area contributed by atoms with Gasteiger partial charge in [-0.25, -0.2) is 0 Å². The van der Waals surface area contributed by atoms with E-state index in [-0.39, 0.29) is 6.04 Å². The predicted octanol–water partition coefficient (Wildman–Crippen LogP) is 2.32. The summed E-state index contributed by atoms with van der Waals surface area (Å²) in [5.74, 6) is 6.13. The van der Waals surface area contributed by atoms with Crippen LogP contribution in [0.3, 0.4) is 0 Å². The van der Waals surface area contributed by atoms with Gasteiger partial charge in [-0.15, -0.1) is 0 Å². The zero-order valence-electron chi connectivity index (χ0n) is 10.2. The zero-order valence-corrected chi connectivity index (χ0v) is 10.2. The van der Waals surface area contributed by atoms with Gasteiger partial charge < -0.3 is 0 Å². The van der Waals surface area contributed by atoms with Crippen molar-refractivity contribution in [1.29, 1.82) is 0 Å². The molecule has 0 bridgehead atoms. The third-order valence-electron chi connectivity index (χ3n) is 3.74. The number of fused-ring (bicyclic) bond motifs is 1. The molecule has 3 nitrogen and oxygen atoms in total. The van der Waals surface area contributed by atoms with Crippen molar-refractivity contribution in [3.8, 4) is 0 Å². The van der Waals surface area contributed by atoms with Crippen LogP contribution >= 0.6 is 0 Å². The maximum atomic E-state index is 5.76. The fourth-order valence-electron chi connectivity index (χ4n) is 2.87. The van der Waals surface area contributed by atoms with E-state index in [0.29, 0.717) is 5.92 Å². The number of benzene rings is 1. The minimum Gasteiger partial charge on any atom is -0.271 e. The summed E-state index contributed by atoms with van der Waals surface area (Å²) < 4.78 is 0. The molecule has 2 unspecified atom stereocenters. The summed E-state index contributed by atoms with van der Waals surface area (Å²) in [7, 11) is 0. The van der Waals surface area contributed by atoms with E-state index in [1.165, 1.54) is 16.8 Å². The Morgan fingerprint density at radius 1 is 1.17 bits per heavy atom. The molecular weight excluding hydrogens is 222 g/mol. The van der Waals surface area contributed by atoms with Crippen LogP contribution in [0.2, 0.25) is 0 Å². The third kappa shape index (κ3) is 1.92. The molecule has 1 aliphatic rings. The number of nitrogens with one attached hydrogen (secondary N) is 1. The van der Waals surface area contributed by atoms with Gasteiger partial charge >= 0.3 is 0 Å². The number of pyridine rings is 1. The molecule has 0 amide bonds. The standard InChI is InChI=1S/C15H17N3/c16-18-15(11-5-2-1-3-6-11)13-9-8-12-7-4-10-17-14(12)13/h1-7,10,13,15,18H,8-9,16H2. The molecule has 1 aromatic heterocycles. The second kappa shape index (κ2) is 4.88. The van der Waals surface area contributed by atoms with E-state index in [2.05, 4.69) is 28.6 Å². The monoisotopic (exact) mass is 239 g/mol. The molecule has 0 spiro atoms. The van der Waals surface area contributed by atoms with Crippen LogP contribution < -0.4 is 11.3 Å². The molecule has 3 heteroatoms. The first-order chi connectivity index (χ1) is 8.90. The topological polar surface area (TPSA) is 50.9 Å². The molecule has 1 heterocycles. The first-order valence-corrected chi connectivity index (χ1v) is 6.35. The predicted molar refractivity (Wildman–Crippen MR) is 71.8 cm³/mol. The number of nitrogens with zero attached hydrogens (tertiary/aromatic N) is 1. The highest BCUT2D eigenvalue weighted by Crippen LogP contribution is 2.39. The molecule has 1 aromatic carbocycles. The lowest BCUT2D eigenvalue weighted by atomic mass is 9.91. The lowest BCUT2D eigenvalue weighted by Crippen LogP contribution is -2.32. The number of hydrogen-bond donors (Lipinski definition) is 2. The first-order valence-electron chi connectivity index (χ1n) is 6.35. The van der Waals surface area contributed by atoms with E-state index in [1.807, 2.05) is 30.5 Å². The molecule has 2 aromatic rings. The van der Waals surface area contributed by atoms with Crippen molar-refractivity contribution in [2.75, 3.05) is 0 Å². The Hall–Kier alpha value is -1.71. The summed E-state index contributed by atoms with van der Waals surface area (Å²) >= 11 is 0. The highest BCUT2D eigenvalue weighted by molar-refractivity contribution is 5.33. The number of rotatable bonds is 3. The SMILES string of the molecule is NNC(c1ccccc1)C1CCc2cccnc21. The molecule has 1 aliphatic carbocycles. The molecular formula is C15H17N3. The Bertz CT molecular complexity index is 524. The lowest BCUT2D eigenvalue weighted by Gasteiger charge is -2.23. The molecule has 0 aliphatic heterocycles. The van der Waals surface area contributed by atoms with Crippen molar-refractivity contribution in [3.63, 3.8) is 0 Å². The van der Waals surface area contributed by atoms with E-state index < -0.39 is 0 Å². The highest BCUT2D eigenvalue weighted by atomic mass is 15.2. The van der Waals surface area contributed by atoms with E-state index in [0.717, 1.165) is 12.8 Å². The van der Waals surface area contributed by atoms with Gasteiger partial charge in [-0.2, -0.15) is 0 Å². The lowest BCUT2D eigenvalue weighted by molar-refractivity contribution is 0.447. The number of hydrogen-bond acceptors (Lipinski definition) is 3. The van der Waals surface area contributed by atoms with Gasteiger partial charge in [-0.1, -0.05) is 36.4 Å². The van der Waals surface area contributed by atoms with Crippen molar-refractivity contribution < 1.29 is 0 Å². The van der Waals surface area contributed by atoms with Crippen LogP contribution in [0.4, 0.5) is 0 Å². The van der Waals surface area contributed by atoms with Crippen LogP contribution in [0, 0.1) is 0 Å². The summed E-state index contributed by atoms with van der Waals surface area (Å²) in [6.07, 6.45) is 4.07. The summed E-state index contributed by atoms with van der Waals surface area (Å²) in [5.41, 5.74) is 6.74. The molecule has 0 saturated heterocycles. The summed E-state index contributed by atoms with van der Waals surface area (Å²) in [6.45, 7) is 0. The van der Waals surface area contributed by atoms with E-state index in [1.54, 1.807) is 0 Å². The van der Waals surface area contributed by atoms with Crippen molar-refractivity contribution in [1.82, 2.24) is 10.4 Å². The van der Waals surface area contributed by atoms with Gasteiger partial charge in [0.2, 0.25) is 0 Å². The average molecular weight is 239 g/mol. The first kappa shape index (κ1) is 11.4. The second-order valence-corrected chi connectivity index (χ2v) is 4.75. The van der Waals surface area contributed by atoms with Crippen LogP contribution in [-0.4, -0.2) is 4.98 Å². The number of aromatic nitrogens is 1. The Balaban J connectivity index is 1.95. The smallest absolute Gasteiger partial charge is 0.0543 e. The third-order valence-corrected chi connectivity index (χ3v) is 3.74. The molecule has 0 saturated carbocycles. The van der Waals surface area contributed by atoms with Crippen molar-refractivity contribution in [2.45, 2.75) is 24.8 Å². The highest BCUT2D eigenvalue weighted by Gasteiger charge is 2.31. The Kier molecular flexibility index (Phi) is 3.09. The minimum atomic E-state index is 0.141. The average Bonchev–Trinajstić information content (AvgIpc) is 2.85. The van der Waals surface area contributed by atoms with Crippen LogP contribution in [0.1, 0.15) is 35.2 Å². The van der Waals surface area contributed by atoms with Gasteiger partial charge in [-0.05, 0) is 30.0 Å². The van der Waals surface area contributed by atoms with E-state index in [4.69, 9.17) is 5.84 Å². The molecule has 18 heavy (non-hydrogen) atoms. The van der Waals surface area contributed by atoms with Gasteiger partial charge in [0.1, 0.15) is 0 Å². The maximum absolute atomic E-state index is 5.76. The molecule has 92 valence electrons. The fourth-order valence-corrected chi connectivity index (χ4v) is 2.87. The summed E-state index contributed by atoms with van der Waals surface area (Å²) in [4.78, 5) is 4.54. The molecule has 0 radical (unpaired) electrons. The minimum absolute atomic E-state index is 0.141. The Morgan fingerprint density at radius 3 is 2.78 bits per heavy atom. The summed E-state index contributed by atoms with van der Waals surface area (Å²) in [5, 5.41) is 0. The number of aryl methyl sites for hydroxylation is 1. The van der Waals surface area contributed by atoms with Gasteiger partial charge in [0.15, 0.2) is 0 Å². The van der Waals surface area contributed by atoms with Crippen LogP contribution in [0.15, 0.2) is 48.7 Å². The van der Waals surface area contributed by atoms with Crippen molar-refractivity contribution in [3.05, 3.63) is 65.5 Å². The van der Waals surface area contributed by atoms with Gasteiger partial charge in [0.25, 0.3) is 0 Å². The Morgan fingerprint density at radius 2 is 2.00 bits per heavy atom. The van der Waals surface area contributed by atoms with Crippen molar-refractivity contribution in [2.24, 2.45) is 5.84 Å². The molecule has 0 fully saturated rings. The second-order valence-electron chi connectivity index (χ2n) is 4.75. The largest absolute Gasteiger partial charge is 0.271 e. The summed E-state index contributed by atoms with van der Waals surface area (Å²) in [6, 6.07) is 14.7. The normalized spacial score (nSPS) is 19.5. The Labute approximate surface area is 107 Å². The van der Waals surface area contributed by atoms with Gasteiger partial charge in [0.05, 0.1) is 6.04 Å². The molecule has 2 atom stereocenters. The van der Waals surface area contributed by atoms with Crippen LogP contribution in [-0.2, 0) is 6.42 Å². The quantitative estimate of drug-likeness (QED) is 0.638. The fraction of sp³-hybridized carbons (Fsp3) is 0.267. The van der Waals surface area contributed by atoms with Gasteiger partial charge in [-0.3, -0.25) is 16.3 Å². The van der Waals surface area contributed by atoms with E-state index >= 15 is 0 Å². The number of nitrogens with two attached hydrogens (primary N) is 1. The van der Waals surface area contributed by atoms with Crippen LogP contribution in [0.25, 0.3) is 0 Å². The number of hydrazine groups is 1. The van der Waals surface area contributed by atoms with Crippen LogP contribution in [0.5, 0.6) is 0 Å². The molecule has 3 rings (SSSR count). The van der Waals surface area contributed by atoms with Gasteiger partial charge in [0, 0.05) is 17.8 Å². The van der Waals surface area contributed by atoms with E-state index in [9.17, 15) is 0 Å². The zero-order chi connectivity index (χ0) is 12.4.